The Morgan fingerprint density at radius 3 is 2.39 bits per heavy atom. The molecular weight excluding hydrogens is 507 g/mol. The minimum absolute atomic E-state index is 0.0203. The molecule has 1 fully saturated rings. The largest absolute Gasteiger partial charge is 0.490 e. The van der Waals surface area contributed by atoms with Crippen LogP contribution in [-0.4, -0.2) is 64.4 Å². The van der Waals surface area contributed by atoms with E-state index in [9.17, 15) is 18.0 Å². The molecular formula is C21H21BrF3N5O3. The van der Waals surface area contributed by atoms with E-state index in [1.807, 2.05) is 41.4 Å². The Kier molecular flexibility index (Phi) is 7.59. The fourth-order valence-corrected chi connectivity index (χ4v) is 3.77. The van der Waals surface area contributed by atoms with E-state index < -0.39 is 18.2 Å². The first-order chi connectivity index (χ1) is 15.6. The first-order valence-electron chi connectivity index (χ1n) is 9.84. The highest BCUT2D eigenvalue weighted by atomic mass is 79.9. The number of alkyl halides is 3. The van der Waals surface area contributed by atoms with Gasteiger partial charge in [-0.3, -0.25) is 9.89 Å². The van der Waals surface area contributed by atoms with Gasteiger partial charge in [-0.15, -0.1) is 0 Å². The summed E-state index contributed by atoms with van der Waals surface area (Å²) >= 11 is 3.43. The van der Waals surface area contributed by atoms with Crippen molar-refractivity contribution in [1.82, 2.24) is 15.1 Å². The van der Waals surface area contributed by atoms with Crippen molar-refractivity contribution in [2.24, 2.45) is 5.73 Å². The summed E-state index contributed by atoms with van der Waals surface area (Å²) in [6, 6.07) is 13.3. The van der Waals surface area contributed by atoms with Gasteiger partial charge >= 0.3 is 12.1 Å². The average Bonchev–Trinajstić information content (AvgIpc) is 3.26. The number of halogens is 4. The quantitative estimate of drug-likeness (QED) is 0.481. The predicted octanol–water partition coefficient (Wildman–Crippen LogP) is 3.31. The number of benzene rings is 2. The van der Waals surface area contributed by atoms with Crippen LogP contribution in [0.4, 0.5) is 18.9 Å². The highest BCUT2D eigenvalue weighted by Crippen LogP contribution is 2.23. The number of nitrogens with two attached hydrogens (primary N) is 1. The van der Waals surface area contributed by atoms with Gasteiger partial charge in [0.15, 0.2) is 0 Å². The van der Waals surface area contributed by atoms with Crippen molar-refractivity contribution >= 4 is 44.4 Å². The zero-order valence-corrected chi connectivity index (χ0v) is 18.8. The maximum absolute atomic E-state index is 12.7. The van der Waals surface area contributed by atoms with E-state index in [2.05, 4.69) is 43.2 Å². The van der Waals surface area contributed by atoms with Crippen molar-refractivity contribution in [2.75, 3.05) is 31.1 Å². The molecule has 0 radical (unpaired) electrons. The molecule has 1 aliphatic rings. The minimum atomic E-state index is -5.08. The van der Waals surface area contributed by atoms with Gasteiger partial charge in [0.2, 0.25) is 5.91 Å². The topological polar surface area (TPSA) is 116 Å². The third kappa shape index (κ3) is 6.23. The SMILES string of the molecule is NC(C(=O)N1CCN(c2ccc3[nH]ncc3c2)CC1)c1cccc(Br)c1.O=C(O)C(F)(F)F. The Morgan fingerprint density at radius 1 is 1.12 bits per heavy atom. The number of hydrogen-bond acceptors (Lipinski definition) is 5. The molecule has 12 heteroatoms. The summed E-state index contributed by atoms with van der Waals surface area (Å²) in [6.07, 6.45) is -3.25. The van der Waals surface area contributed by atoms with E-state index in [0.717, 1.165) is 39.7 Å². The summed E-state index contributed by atoms with van der Waals surface area (Å²) in [5.41, 5.74) is 9.21. The molecule has 33 heavy (non-hydrogen) atoms. The predicted molar refractivity (Wildman–Crippen MR) is 120 cm³/mol. The van der Waals surface area contributed by atoms with Gasteiger partial charge in [0, 0.05) is 41.7 Å². The van der Waals surface area contributed by atoms with Crippen LogP contribution in [0.5, 0.6) is 0 Å². The first kappa shape index (κ1) is 24.5. The fourth-order valence-electron chi connectivity index (χ4n) is 3.35. The number of hydrogen-bond donors (Lipinski definition) is 3. The fraction of sp³-hybridized carbons (Fsp3) is 0.286. The summed E-state index contributed by atoms with van der Waals surface area (Å²) in [5, 5.41) is 15.2. The van der Waals surface area contributed by atoms with Crippen LogP contribution in [-0.2, 0) is 9.59 Å². The Balaban J connectivity index is 0.000000383. The molecule has 3 aromatic rings. The number of rotatable bonds is 3. The van der Waals surface area contributed by atoms with Crippen LogP contribution in [0.15, 0.2) is 53.1 Å². The van der Waals surface area contributed by atoms with E-state index in [-0.39, 0.29) is 5.91 Å². The third-order valence-corrected chi connectivity index (χ3v) is 5.59. The lowest BCUT2D eigenvalue weighted by atomic mass is 10.1. The van der Waals surface area contributed by atoms with E-state index in [1.54, 1.807) is 0 Å². The maximum Gasteiger partial charge on any atom is 0.490 e. The molecule has 0 aliphatic carbocycles. The molecule has 4 rings (SSSR count). The van der Waals surface area contributed by atoms with Gasteiger partial charge in [0.25, 0.3) is 0 Å². The Bertz CT molecular complexity index is 1130. The second kappa shape index (κ2) is 10.2. The summed E-state index contributed by atoms with van der Waals surface area (Å²) in [6.45, 7) is 2.93. The normalized spacial score (nSPS) is 15.1. The number of fused-ring (bicyclic) bond motifs is 1. The van der Waals surface area contributed by atoms with Gasteiger partial charge in [-0.1, -0.05) is 28.1 Å². The number of anilines is 1. The molecule has 0 saturated carbocycles. The van der Waals surface area contributed by atoms with Gasteiger partial charge < -0.3 is 20.6 Å². The lowest BCUT2D eigenvalue weighted by Crippen LogP contribution is -2.51. The van der Waals surface area contributed by atoms with Crippen LogP contribution < -0.4 is 10.6 Å². The Morgan fingerprint density at radius 2 is 1.79 bits per heavy atom. The number of nitrogens with one attached hydrogen (secondary N) is 1. The van der Waals surface area contributed by atoms with Crippen LogP contribution in [0, 0.1) is 0 Å². The van der Waals surface area contributed by atoms with Gasteiger partial charge in [-0.25, -0.2) is 4.79 Å². The summed E-state index contributed by atoms with van der Waals surface area (Å²) in [5.74, 6) is -2.78. The number of carbonyl (C=O) groups is 2. The molecule has 1 aliphatic heterocycles. The molecule has 1 atom stereocenters. The van der Waals surface area contributed by atoms with Crippen LogP contribution in [0.3, 0.4) is 0 Å². The molecule has 1 saturated heterocycles. The lowest BCUT2D eigenvalue weighted by Gasteiger charge is -2.37. The van der Waals surface area contributed by atoms with E-state index in [0.29, 0.717) is 13.1 Å². The zero-order valence-electron chi connectivity index (χ0n) is 17.2. The van der Waals surface area contributed by atoms with Crippen molar-refractivity contribution in [3.05, 3.63) is 58.7 Å². The first-order valence-corrected chi connectivity index (χ1v) is 10.6. The third-order valence-electron chi connectivity index (χ3n) is 5.10. The number of aromatic nitrogens is 2. The molecule has 0 bridgehead atoms. The highest BCUT2D eigenvalue weighted by Gasteiger charge is 2.38. The number of carboxylic acid groups (broad SMARTS) is 1. The number of aliphatic carboxylic acids is 1. The maximum atomic E-state index is 12.7. The van der Waals surface area contributed by atoms with E-state index >= 15 is 0 Å². The van der Waals surface area contributed by atoms with E-state index in [1.165, 1.54) is 0 Å². The Hall–Kier alpha value is -3.12. The Labute approximate surface area is 195 Å². The number of piperazine rings is 1. The van der Waals surface area contributed by atoms with E-state index in [4.69, 9.17) is 15.6 Å². The second-order valence-corrected chi connectivity index (χ2v) is 8.21. The van der Waals surface area contributed by atoms with Crippen LogP contribution in [0.25, 0.3) is 10.9 Å². The van der Waals surface area contributed by atoms with Crippen LogP contribution >= 0.6 is 15.9 Å². The smallest absolute Gasteiger partial charge is 0.475 e. The molecule has 2 heterocycles. The van der Waals surface area contributed by atoms with Crippen molar-refractivity contribution < 1.29 is 27.9 Å². The van der Waals surface area contributed by atoms with Gasteiger partial charge in [0.1, 0.15) is 6.04 Å². The summed E-state index contributed by atoms with van der Waals surface area (Å²) < 4.78 is 32.7. The number of carboxylic acids is 1. The van der Waals surface area contributed by atoms with Crippen LogP contribution in [0.1, 0.15) is 11.6 Å². The van der Waals surface area contributed by atoms with Crippen molar-refractivity contribution in [1.29, 1.82) is 0 Å². The molecule has 8 nitrogen and oxygen atoms in total. The van der Waals surface area contributed by atoms with Crippen LogP contribution in [0.2, 0.25) is 0 Å². The average molecular weight is 528 g/mol. The highest BCUT2D eigenvalue weighted by molar-refractivity contribution is 9.10. The molecule has 176 valence electrons. The number of nitrogens with zero attached hydrogens (tertiary/aromatic N) is 3. The zero-order chi connectivity index (χ0) is 24.2. The number of aromatic amines is 1. The van der Waals surface area contributed by atoms with Crippen molar-refractivity contribution in [3.8, 4) is 0 Å². The van der Waals surface area contributed by atoms with Gasteiger partial charge in [0.05, 0.1) is 11.7 Å². The standard InChI is InChI=1S/C19H20BrN5O.C2HF3O2/c20-15-3-1-2-13(10-15)18(21)19(26)25-8-6-24(7-9-25)16-4-5-17-14(11-16)12-22-23-17;3-2(4,5)1(6)7/h1-5,10-12,18H,6-9,21H2,(H,22,23);(H,6,7). The molecule has 1 amide bonds. The number of amides is 1. The molecule has 1 aromatic heterocycles. The van der Waals surface area contributed by atoms with Crippen molar-refractivity contribution in [2.45, 2.75) is 12.2 Å². The lowest BCUT2D eigenvalue weighted by molar-refractivity contribution is -0.192. The monoisotopic (exact) mass is 527 g/mol. The number of H-pyrrole nitrogens is 1. The molecule has 1 unspecified atom stereocenters. The number of carbonyl (C=O) groups excluding carboxylic acids is 1. The molecule has 4 N–H and O–H groups in total. The summed E-state index contributed by atoms with van der Waals surface area (Å²) in [7, 11) is 0. The van der Waals surface area contributed by atoms with Gasteiger partial charge in [-0.05, 0) is 35.9 Å². The van der Waals surface area contributed by atoms with Crippen molar-refractivity contribution in [3.63, 3.8) is 0 Å². The second-order valence-electron chi connectivity index (χ2n) is 7.29. The summed E-state index contributed by atoms with van der Waals surface area (Å²) in [4.78, 5) is 25.8. The molecule has 0 spiro atoms. The minimum Gasteiger partial charge on any atom is -0.475 e. The molecule has 2 aromatic carbocycles. The van der Waals surface area contributed by atoms with Gasteiger partial charge in [-0.2, -0.15) is 18.3 Å².